The van der Waals surface area contributed by atoms with Gasteiger partial charge >= 0.3 is 0 Å². The standard InChI is InChI=1S/C17H11N3O2/c18-10-17(11-19)15(12-6-2-1-3-7-12)16(17)13-8-4-5-9-14(13)20(21)22/h1-9,15-16H/t15-,16-/m0/s1. The first-order chi connectivity index (χ1) is 10.7. The number of nitriles is 2. The van der Waals surface area contributed by atoms with Crippen LogP contribution in [0.1, 0.15) is 23.0 Å². The maximum Gasteiger partial charge on any atom is 0.272 e. The lowest BCUT2D eigenvalue weighted by molar-refractivity contribution is -0.385. The van der Waals surface area contributed by atoms with Crippen molar-refractivity contribution in [2.75, 3.05) is 0 Å². The zero-order valence-corrected chi connectivity index (χ0v) is 11.5. The molecule has 0 aromatic heterocycles. The highest BCUT2D eigenvalue weighted by molar-refractivity contribution is 5.58. The van der Waals surface area contributed by atoms with E-state index in [0.717, 1.165) is 5.56 Å². The smallest absolute Gasteiger partial charge is 0.258 e. The van der Waals surface area contributed by atoms with Gasteiger partial charge in [0.2, 0.25) is 0 Å². The molecular weight excluding hydrogens is 278 g/mol. The van der Waals surface area contributed by atoms with Crippen molar-refractivity contribution in [1.29, 1.82) is 10.5 Å². The van der Waals surface area contributed by atoms with Gasteiger partial charge in [0.1, 0.15) is 0 Å². The molecule has 1 fully saturated rings. The molecule has 22 heavy (non-hydrogen) atoms. The van der Waals surface area contributed by atoms with Crippen LogP contribution in [-0.4, -0.2) is 4.92 Å². The minimum Gasteiger partial charge on any atom is -0.258 e. The Balaban J connectivity index is 2.13. The fourth-order valence-electron chi connectivity index (χ4n) is 3.15. The maximum absolute atomic E-state index is 11.2. The predicted octanol–water partition coefficient (Wildman–Crippen LogP) is 3.51. The molecular formula is C17H11N3O2. The summed E-state index contributed by atoms with van der Waals surface area (Å²) in [5, 5.41) is 30.2. The van der Waals surface area contributed by atoms with Gasteiger partial charge in [-0.25, -0.2) is 0 Å². The van der Waals surface area contributed by atoms with Crippen molar-refractivity contribution in [3.63, 3.8) is 0 Å². The lowest BCUT2D eigenvalue weighted by Crippen LogP contribution is -1.99. The number of para-hydroxylation sites is 1. The van der Waals surface area contributed by atoms with E-state index >= 15 is 0 Å². The van der Waals surface area contributed by atoms with Crippen LogP contribution in [0.15, 0.2) is 54.6 Å². The Bertz CT molecular complexity index is 804. The summed E-state index contributed by atoms with van der Waals surface area (Å²) < 4.78 is 0. The summed E-state index contributed by atoms with van der Waals surface area (Å²) in [6, 6.07) is 19.7. The molecule has 0 saturated heterocycles. The summed E-state index contributed by atoms with van der Waals surface area (Å²) in [7, 11) is 0. The van der Waals surface area contributed by atoms with Gasteiger partial charge in [-0.15, -0.1) is 0 Å². The van der Waals surface area contributed by atoms with Crippen molar-refractivity contribution < 1.29 is 4.92 Å². The molecule has 0 heterocycles. The quantitative estimate of drug-likeness (QED) is 0.638. The largest absolute Gasteiger partial charge is 0.272 e. The lowest BCUT2D eigenvalue weighted by atomic mass is 10.0. The molecule has 2 aromatic carbocycles. The van der Waals surface area contributed by atoms with Gasteiger partial charge in [-0.2, -0.15) is 10.5 Å². The Hall–Kier alpha value is -3.18. The molecule has 0 radical (unpaired) electrons. The van der Waals surface area contributed by atoms with Gasteiger partial charge in [-0.05, 0) is 5.56 Å². The first-order valence-corrected chi connectivity index (χ1v) is 6.76. The Morgan fingerprint density at radius 2 is 1.55 bits per heavy atom. The topological polar surface area (TPSA) is 90.7 Å². The highest BCUT2D eigenvalue weighted by atomic mass is 16.6. The fraction of sp³-hybridized carbons (Fsp3) is 0.176. The zero-order chi connectivity index (χ0) is 15.7. The van der Waals surface area contributed by atoms with Crippen LogP contribution in [0.4, 0.5) is 5.69 Å². The van der Waals surface area contributed by atoms with Gasteiger partial charge in [-0.3, -0.25) is 10.1 Å². The molecule has 1 saturated carbocycles. The summed E-state index contributed by atoms with van der Waals surface area (Å²) in [5.74, 6) is -0.823. The van der Waals surface area contributed by atoms with E-state index in [0.29, 0.717) is 5.56 Å². The van der Waals surface area contributed by atoms with Crippen LogP contribution in [0.5, 0.6) is 0 Å². The number of nitrogens with zero attached hydrogens (tertiary/aromatic N) is 3. The Kier molecular flexibility index (Phi) is 3.12. The van der Waals surface area contributed by atoms with Crippen molar-refractivity contribution in [3.8, 4) is 12.1 Å². The fourth-order valence-corrected chi connectivity index (χ4v) is 3.15. The van der Waals surface area contributed by atoms with Gasteiger partial charge in [-0.1, -0.05) is 48.5 Å². The van der Waals surface area contributed by atoms with Gasteiger partial charge in [0.15, 0.2) is 5.41 Å². The molecule has 106 valence electrons. The first kappa shape index (κ1) is 13.8. The van der Waals surface area contributed by atoms with E-state index in [9.17, 15) is 20.6 Å². The van der Waals surface area contributed by atoms with Crippen molar-refractivity contribution in [2.45, 2.75) is 11.8 Å². The minimum atomic E-state index is -1.24. The monoisotopic (exact) mass is 289 g/mol. The second kappa shape index (κ2) is 4.98. The summed E-state index contributed by atoms with van der Waals surface area (Å²) in [5.41, 5.74) is 0.0204. The molecule has 2 aromatic rings. The van der Waals surface area contributed by atoms with E-state index in [4.69, 9.17) is 0 Å². The normalized spacial score (nSPS) is 21.4. The number of benzene rings is 2. The molecule has 2 atom stereocenters. The predicted molar refractivity (Wildman–Crippen MR) is 78.7 cm³/mol. The molecule has 0 N–H and O–H groups in total. The molecule has 0 bridgehead atoms. The highest BCUT2D eigenvalue weighted by Crippen LogP contribution is 2.70. The Morgan fingerprint density at radius 3 is 2.14 bits per heavy atom. The number of hydrogen-bond acceptors (Lipinski definition) is 4. The third-order valence-corrected chi connectivity index (χ3v) is 4.20. The minimum absolute atomic E-state index is 0.0409. The number of nitro groups is 1. The number of rotatable bonds is 3. The molecule has 0 unspecified atom stereocenters. The molecule has 1 aliphatic carbocycles. The van der Waals surface area contributed by atoms with E-state index in [1.165, 1.54) is 6.07 Å². The van der Waals surface area contributed by atoms with E-state index in [1.54, 1.807) is 18.2 Å². The summed E-state index contributed by atoms with van der Waals surface area (Å²) in [4.78, 5) is 10.8. The molecule has 5 nitrogen and oxygen atoms in total. The van der Waals surface area contributed by atoms with Crippen LogP contribution in [0.3, 0.4) is 0 Å². The van der Waals surface area contributed by atoms with Crippen LogP contribution in [0, 0.1) is 38.2 Å². The van der Waals surface area contributed by atoms with Crippen molar-refractivity contribution in [1.82, 2.24) is 0 Å². The van der Waals surface area contributed by atoms with Gasteiger partial charge in [0, 0.05) is 23.5 Å². The van der Waals surface area contributed by atoms with Crippen LogP contribution in [-0.2, 0) is 0 Å². The average Bonchev–Trinajstić information content (AvgIpc) is 3.25. The molecule has 0 aliphatic heterocycles. The van der Waals surface area contributed by atoms with Crippen molar-refractivity contribution >= 4 is 5.69 Å². The van der Waals surface area contributed by atoms with Gasteiger partial charge in [0.25, 0.3) is 5.69 Å². The summed E-state index contributed by atoms with van der Waals surface area (Å²) in [6.45, 7) is 0. The molecule has 5 heteroatoms. The number of nitro benzene ring substituents is 1. The van der Waals surface area contributed by atoms with Crippen molar-refractivity contribution in [2.24, 2.45) is 5.41 Å². The second-order valence-corrected chi connectivity index (χ2v) is 5.27. The average molecular weight is 289 g/mol. The summed E-state index contributed by atoms with van der Waals surface area (Å²) >= 11 is 0. The Labute approximate surface area is 127 Å². The summed E-state index contributed by atoms with van der Waals surface area (Å²) in [6.07, 6.45) is 0. The van der Waals surface area contributed by atoms with E-state index in [2.05, 4.69) is 12.1 Å². The van der Waals surface area contributed by atoms with E-state index in [-0.39, 0.29) is 11.6 Å². The van der Waals surface area contributed by atoms with Crippen LogP contribution >= 0.6 is 0 Å². The third kappa shape index (κ3) is 1.84. The molecule has 1 aliphatic rings. The highest BCUT2D eigenvalue weighted by Gasteiger charge is 2.69. The van der Waals surface area contributed by atoms with Crippen LogP contribution < -0.4 is 0 Å². The van der Waals surface area contributed by atoms with Gasteiger partial charge in [0.05, 0.1) is 17.1 Å². The SMILES string of the molecule is N#CC1(C#N)[C@@H](c2ccccc2)[C@@H]1c1ccccc1[N+](=O)[O-]. The molecule has 0 amide bonds. The van der Waals surface area contributed by atoms with Crippen LogP contribution in [0.25, 0.3) is 0 Å². The van der Waals surface area contributed by atoms with E-state index in [1.807, 2.05) is 30.3 Å². The first-order valence-electron chi connectivity index (χ1n) is 6.76. The second-order valence-electron chi connectivity index (χ2n) is 5.27. The maximum atomic E-state index is 11.2. The third-order valence-electron chi connectivity index (χ3n) is 4.20. The van der Waals surface area contributed by atoms with E-state index < -0.39 is 16.3 Å². The van der Waals surface area contributed by atoms with Gasteiger partial charge < -0.3 is 0 Å². The molecule has 0 spiro atoms. The number of hydrogen-bond donors (Lipinski definition) is 0. The van der Waals surface area contributed by atoms with Crippen molar-refractivity contribution in [3.05, 3.63) is 75.8 Å². The zero-order valence-electron chi connectivity index (χ0n) is 11.5. The lowest BCUT2D eigenvalue weighted by Gasteiger charge is -2.01. The Morgan fingerprint density at radius 1 is 0.955 bits per heavy atom. The van der Waals surface area contributed by atoms with Crippen LogP contribution in [0.2, 0.25) is 0 Å². The molecule has 3 rings (SSSR count).